The summed E-state index contributed by atoms with van der Waals surface area (Å²) in [5.74, 6) is 1.46. The first-order valence-corrected chi connectivity index (χ1v) is 15.2. The largest absolute Gasteiger partial charge is 0.299 e. The molecule has 2 heteroatoms. The average Bonchev–Trinajstić information content (AvgIpc) is 2.95. The Morgan fingerprint density at radius 2 is 1.46 bits per heavy atom. The van der Waals surface area contributed by atoms with Crippen LogP contribution in [0.5, 0.6) is 0 Å². The SMILES string of the molecule is CCCCCCCc1ccc(-c2ccc(C3CCC(C#N)(C4CCC(CCC)C(=O)C4)CC3)cc2)cc1. The minimum Gasteiger partial charge on any atom is -0.299 e. The van der Waals surface area contributed by atoms with Crippen molar-refractivity contribution in [1.82, 2.24) is 0 Å². The summed E-state index contributed by atoms with van der Waals surface area (Å²) in [5, 5.41) is 10.2. The fraction of sp³-hybridized carbons (Fsp3) is 0.600. The summed E-state index contributed by atoms with van der Waals surface area (Å²) < 4.78 is 0. The number of ketones is 1. The number of hydrogen-bond acceptors (Lipinski definition) is 2. The summed E-state index contributed by atoms with van der Waals surface area (Å²) in [6.07, 6.45) is 16.6. The third-order valence-electron chi connectivity index (χ3n) is 9.52. The third kappa shape index (κ3) is 6.93. The second-order valence-electron chi connectivity index (χ2n) is 12.0. The van der Waals surface area contributed by atoms with E-state index < -0.39 is 0 Å². The Morgan fingerprint density at radius 1 is 0.811 bits per heavy atom. The van der Waals surface area contributed by atoms with E-state index in [1.165, 1.54) is 60.8 Å². The second-order valence-corrected chi connectivity index (χ2v) is 12.0. The normalized spacial score (nSPS) is 26.1. The first kappa shape index (κ1) is 27.6. The van der Waals surface area contributed by atoms with Crippen molar-refractivity contribution in [3.8, 4) is 17.2 Å². The lowest BCUT2D eigenvalue weighted by atomic mass is 9.59. The number of aryl methyl sites for hydroxylation is 1. The Kier molecular flexibility index (Phi) is 10.0. The number of nitrogens with zero attached hydrogens (tertiary/aromatic N) is 1. The highest BCUT2D eigenvalue weighted by Gasteiger charge is 2.45. The van der Waals surface area contributed by atoms with Crippen LogP contribution < -0.4 is 0 Å². The van der Waals surface area contributed by atoms with Crippen molar-refractivity contribution in [2.45, 2.75) is 116 Å². The molecule has 0 heterocycles. The van der Waals surface area contributed by atoms with E-state index in [1.807, 2.05) is 0 Å². The first-order valence-electron chi connectivity index (χ1n) is 15.2. The fourth-order valence-electron chi connectivity index (χ4n) is 7.02. The van der Waals surface area contributed by atoms with Crippen LogP contribution in [-0.4, -0.2) is 5.78 Å². The van der Waals surface area contributed by atoms with Crippen LogP contribution in [0.1, 0.15) is 121 Å². The molecular weight excluding hydrogens is 450 g/mol. The molecule has 0 spiro atoms. The third-order valence-corrected chi connectivity index (χ3v) is 9.52. The van der Waals surface area contributed by atoms with Gasteiger partial charge >= 0.3 is 0 Å². The summed E-state index contributed by atoms with van der Waals surface area (Å²) in [5.41, 5.74) is 5.13. The summed E-state index contributed by atoms with van der Waals surface area (Å²) >= 11 is 0. The highest BCUT2D eigenvalue weighted by atomic mass is 16.1. The molecule has 2 aromatic carbocycles. The zero-order valence-electron chi connectivity index (χ0n) is 23.3. The van der Waals surface area contributed by atoms with Crippen molar-refractivity contribution in [2.24, 2.45) is 17.3 Å². The molecule has 2 fully saturated rings. The maximum Gasteiger partial charge on any atom is 0.136 e. The first-order chi connectivity index (χ1) is 18.1. The van der Waals surface area contributed by atoms with Gasteiger partial charge in [-0.3, -0.25) is 4.79 Å². The van der Waals surface area contributed by atoms with Crippen LogP contribution in [0.4, 0.5) is 0 Å². The molecule has 4 rings (SSSR count). The maximum atomic E-state index is 12.7. The van der Waals surface area contributed by atoms with Gasteiger partial charge in [0, 0.05) is 12.3 Å². The topological polar surface area (TPSA) is 40.9 Å². The van der Waals surface area contributed by atoms with E-state index in [0.29, 0.717) is 18.1 Å². The number of unbranched alkanes of at least 4 members (excludes halogenated alkanes) is 4. The Bertz CT molecular complexity index is 1020. The number of carbonyl (C=O) groups is 1. The summed E-state index contributed by atoms with van der Waals surface area (Å²) in [7, 11) is 0. The molecule has 0 amide bonds. The van der Waals surface area contributed by atoms with Crippen LogP contribution in [0.25, 0.3) is 11.1 Å². The molecular formula is C35H47NO. The highest BCUT2D eigenvalue weighted by Crippen LogP contribution is 2.51. The van der Waals surface area contributed by atoms with Crippen LogP contribution in [0.3, 0.4) is 0 Å². The van der Waals surface area contributed by atoms with Gasteiger partial charge in [-0.2, -0.15) is 5.26 Å². The van der Waals surface area contributed by atoms with Crippen molar-refractivity contribution in [3.05, 3.63) is 59.7 Å². The molecule has 2 atom stereocenters. The molecule has 0 bridgehead atoms. The van der Waals surface area contributed by atoms with Crippen LogP contribution in [0.15, 0.2) is 48.5 Å². The lowest BCUT2D eigenvalue weighted by Gasteiger charge is -2.43. The number of carbonyl (C=O) groups excluding carboxylic acids is 1. The molecule has 198 valence electrons. The molecule has 0 radical (unpaired) electrons. The zero-order chi connectivity index (χ0) is 26.1. The van der Waals surface area contributed by atoms with Gasteiger partial charge in [-0.15, -0.1) is 0 Å². The summed E-state index contributed by atoms with van der Waals surface area (Å²) in [4.78, 5) is 12.7. The molecule has 2 unspecified atom stereocenters. The van der Waals surface area contributed by atoms with Crippen molar-refractivity contribution < 1.29 is 4.79 Å². The quantitative estimate of drug-likeness (QED) is 0.290. The Balaban J connectivity index is 1.30. The van der Waals surface area contributed by atoms with Gasteiger partial charge < -0.3 is 0 Å². The van der Waals surface area contributed by atoms with Gasteiger partial charge in [-0.25, -0.2) is 0 Å². The van der Waals surface area contributed by atoms with Crippen LogP contribution >= 0.6 is 0 Å². The standard InChI is InChI=1S/C35H47NO/c1-3-5-6-7-8-10-27-11-13-28(14-12-27)29-15-17-30(18-16-29)31-21-23-35(26-36,24-22-31)33-20-19-32(9-4-2)34(37)25-33/h11-18,31-33H,3-10,19-25H2,1-2H3. The minimum atomic E-state index is -0.291. The van der Waals surface area contributed by atoms with E-state index in [-0.39, 0.29) is 17.3 Å². The predicted octanol–water partition coefficient (Wildman–Crippen LogP) is 9.82. The Hall–Kier alpha value is -2.40. The van der Waals surface area contributed by atoms with E-state index in [1.54, 1.807) is 0 Å². The highest BCUT2D eigenvalue weighted by molar-refractivity contribution is 5.82. The molecule has 0 saturated heterocycles. The number of Topliss-reactive ketones (excluding diaryl/α,β-unsaturated/α-hetero) is 1. The van der Waals surface area contributed by atoms with Crippen LogP contribution in [-0.2, 0) is 11.2 Å². The maximum absolute atomic E-state index is 12.7. The monoisotopic (exact) mass is 497 g/mol. The average molecular weight is 498 g/mol. The van der Waals surface area contributed by atoms with Gasteiger partial charge in [0.2, 0.25) is 0 Å². The van der Waals surface area contributed by atoms with E-state index >= 15 is 0 Å². The molecule has 0 N–H and O–H groups in total. The van der Waals surface area contributed by atoms with Gasteiger partial charge in [0.25, 0.3) is 0 Å². The van der Waals surface area contributed by atoms with E-state index in [9.17, 15) is 10.1 Å². The number of hydrogen-bond donors (Lipinski definition) is 0. The number of nitriles is 1. The van der Waals surface area contributed by atoms with E-state index in [2.05, 4.69) is 68.4 Å². The lowest BCUT2D eigenvalue weighted by molar-refractivity contribution is -0.128. The van der Waals surface area contributed by atoms with Crippen molar-refractivity contribution >= 4 is 5.78 Å². The van der Waals surface area contributed by atoms with Crippen LogP contribution in [0.2, 0.25) is 0 Å². The summed E-state index contributed by atoms with van der Waals surface area (Å²) in [6.45, 7) is 4.43. The van der Waals surface area contributed by atoms with Crippen molar-refractivity contribution in [2.75, 3.05) is 0 Å². The minimum absolute atomic E-state index is 0.249. The molecule has 2 aliphatic rings. The fourth-order valence-corrected chi connectivity index (χ4v) is 7.02. The van der Waals surface area contributed by atoms with E-state index in [4.69, 9.17) is 0 Å². The molecule has 2 aliphatic carbocycles. The Morgan fingerprint density at radius 3 is 2.05 bits per heavy atom. The number of benzene rings is 2. The molecule has 2 aromatic rings. The summed E-state index contributed by atoms with van der Waals surface area (Å²) in [6, 6.07) is 21.0. The molecule has 37 heavy (non-hydrogen) atoms. The number of rotatable bonds is 11. The molecule has 2 saturated carbocycles. The lowest BCUT2D eigenvalue weighted by Crippen LogP contribution is -2.38. The van der Waals surface area contributed by atoms with Crippen molar-refractivity contribution in [3.63, 3.8) is 0 Å². The van der Waals surface area contributed by atoms with Crippen LogP contribution in [0, 0.1) is 28.6 Å². The second kappa shape index (κ2) is 13.4. The van der Waals surface area contributed by atoms with E-state index in [0.717, 1.165) is 51.4 Å². The van der Waals surface area contributed by atoms with Gasteiger partial charge in [0.05, 0.1) is 11.5 Å². The molecule has 0 aliphatic heterocycles. The van der Waals surface area contributed by atoms with Gasteiger partial charge in [-0.1, -0.05) is 94.5 Å². The smallest absolute Gasteiger partial charge is 0.136 e. The Labute approximate surface area is 225 Å². The van der Waals surface area contributed by atoms with Crippen molar-refractivity contribution in [1.29, 1.82) is 5.26 Å². The zero-order valence-corrected chi connectivity index (χ0v) is 23.3. The predicted molar refractivity (Wildman–Crippen MR) is 154 cm³/mol. The van der Waals surface area contributed by atoms with Gasteiger partial charge in [0.1, 0.15) is 5.78 Å². The molecule has 2 nitrogen and oxygen atoms in total. The van der Waals surface area contributed by atoms with Gasteiger partial charge in [-0.05, 0) is 91.9 Å². The molecule has 0 aromatic heterocycles. The van der Waals surface area contributed by atoms with Gasteiger partial charge in [0.15, 0.2) is 0 Å².